The molecular formula is C22H25F3N2O3S. The summed E-state index contributed by atoms with van der Waals surface area (Å²) in [6.45, 7) is 1.25. The van der Waals surface area contributed by atoms with Gasteiger partial charge in [0.05, 0.1) is 16.1 Å². The van der Waals surface area contributed by atoms with E-state index in [2.05, 4.69) is 4.72 Å². The van der Waals surface area contributed by atoms with E-state index < -0.39 is 21.8 Å². The third kappa shape index (κ3) is 4.82. The first-order chi connectivity index (χ1) is 14.6. The molecule has 0 saturated carbocycles. The van der Waals surface area contributed by atoms with Crippen LogP contribution >= 0.6 is 0 Å². The molecule has 1 N–H and O–H groups in total. The number of benzene rings is 2. The monoisotopic (exact) mass is 454 g/mol. The van der Waals surface area contributed by atoms with Gasteiger partial charge in [0.25, 0.3) is 10.0 Å². The number of fused-ring (bicyclic) bond motifs is 1. The van der Waals surface area contributed by atoms with E-state index in [4.69, 9.17) is 4.74 Å². The van der Waals surface area contributed by atoms with Crippen molar-refractivity contribution in [2.75, 3.05) is 24.9 Å². The fourth-order valence-electron chi connectivity index (χ4n) is 4.30. The average molecular weight is 455 g/mol. The van der Waals surface area contributed by atoms with Gasteiger partial charge in [0.1, 0.15) is 11.9 Å². The Morgan fingerprint density at radius 3 is 2.61 bits per heavy atom. The first kappa shape index (κ1) is 22.0. The van der Waals surface area contributed by atoms with Gasteiger partial charge >= 0.3 is 6.18 Å². The van der Waals surface area contributed by atoms with Crippen LogP contribution in [0.25, 0.3) is 0 Å². The van der Waals surface area contributed by atoms with E-state index in [-0.39, 0.29) is 22.4 Å². The zero-order valence-corrected chi connectivity index (χ0v) is 18.0. The molecule has 2 aromatic rings. The Morgan fingerprint density at radius 1 is 1.13 bits per heavy atom. The quantitative estimate of drug-likeness (QED) is 0.725. The summed E-state index contributed by atoms with van der Waals surface area (Å²) < 4.78 is 74.7. The van der Waals surface area contributed by atoms with E-state index >= 15 is 0 Å². The first-order valence-corrected chi connectivity index (χ1v) is 11.8. The molecule has 1 aliphatic carbocycles. The van der Waals surface area contributed by atoms with Crippen molar-refractivity contribution in [3.8, 4) is 5.75 Å². The second-order valence-corrected chi connectivity index (χ2v) is 9.86. The van der Waals surface area contributed by atoms with Crippen LogP contribution in [-0.2, 0) is 29.0 Å². The van der Waals surface area contributed by atoms with Crippen molar-refractivity contribution in [2.24, 2.45) is 0 Å². The highest BCUT2D eigenvalue weighted by Gasteiger charge is 2.36. The lowest BCUT2D eigenvalue weighted by Crippen LogP contribution is -2.23. The van der Waals surface area contributed by atoms with Gasteiger partial charge in [-0.25, -0.2) is 8.42 Å². The number of hydrogen-bond acceptors (Lipinski definition) is 4. The Balaban J connectivity index is 1.65. The maximum atomic E-state index is 13.5. The highest BCUT2D eigenvalue weighted by molar-refractivity contribution is 7.92. The number of anilines is 1. The van der Waals surface area contributed by atoms with Crippen LogP contribution in [0.3, 0.4) is 0 Å². The lowest BCUT2D eigenvalue weighted by molar-refractivity contribution is -0.139. The van der Waals surface area contributed by atoms with Crippen molar-refractivity contribution in [2.45, 2.75) is 49.3 Å². The Bertz CT molecular complexity index is 1070. The van der Waals surface area contributed by atoms with Gasteiger partial charge in [-0.1, -0.05) is 12.1 Å². The van der Waals surface area contributed by atoms with Crippen LogP contribution in [0, 0.1) is 0 Å². The van der Waals surface area contributed by atoms with Gasteiger partial charge in [-0.3, -0.25) is 4.72 Å². The summed E-state index contributed by atoms with van der Waals surface area (Å²) in [5.41, 5.74) is 0.930. The number of alkyl halides is 3. The third-order valence-corrected chi connectivity index (χ3v) is 7.29. The highest BCUT2D eigenvalue weighted by Crippen LogP contribution is 2.39. The number of nitrogens with zero attached hydrogens (tertiary/aromatic N) is 1. The van der Waals surface area contributed by atoms with Crippen LogP contribution in [0.1, 0.15) is 36.0 Å². The van der Waals surface area contributed by atoms with Gasteiger partial charge in [-0.2, -0.15) is 13.2 Å². The minimum atomic E-state index is -4.60. The molecule has 0 spiro atoms. The minimum Gasteiger partial charge on any atom is -0.488 e. The number of rotatable bonds is 5. The molecule has 0 aromatic heterocycles. The second-order valence-electron chi connectivity index (χ2n) is 8.21. The maximum Gasteiger partial charge on any atom is 0.419 e. The average Bonchev–Trinajstić information content (AvgIpc) is 3.11. The second kappa shape index (κ2) is 8.35. The number of likely N-dealkylation sites (N-methyl/N-ethyl adjacent to an activating group) is 1. The number of sulfonamides is 1. The smallest absolute Gasteiger partial charge is 0.419 e. The lowest BCUT2D eigenvalue weighted by Gasteiger charge is -2.21. The molecule has 31 heavy (non-hydrogen) atoms. The van der Waals surface area contributed by atoms with Gasteiger partial charge in [0, 0.05) is 19.2 Å². The van der Waals surface area contributed by atoms with Gasteiger partial charge in [-0.15, -0.1) is 0 Å². The van der Waals surface area contributed by atoms with Crippen LogP contribution in [-0.4, -0.2) is 39.6 Å². The zero-order valence-electron chi connectivity index (χ0n) is 17.2. The third-order valence-electron chi connectivity index (χ3n) is 5.82. The number of ether oxygens (including phenoxy) is 1. The highest BCUT2D eigenvalue weighted by atomic mass is 32.2. The maximum absolute atomic E-state index is 13.5. The number of likely N-dealkylation sites (tertiary alicyclic amines) is 1. The Labute approximate surface area is 180 Å². The molecule has 168 valence electrons. The van der Waals surface area contributed by atoms with Crippen LogP contribution in [0.5, 0.6) is 5.75 Å². The molecule has 1 atom stereocenters. The zero-order chi connectivity index (χ0) is 22.2. The predicted octanol–water partition coefficient (Wildman–Crippen LogP) is 4.47. The molecule has 1 fully saturated rings. The molecule has 0 radical (unpaired) electrons. The molecule has 1 aliphatic heterocycles. The van der Waals surface area contributed by atoms with Gasteiger partial charge in [-0.05, 0) is 68.5 Å². The van der Waals surface area contributed by atoms with Crippen molar-refractivity contribution in [1.29, 1.82) is 0 Å². The first-order valence-electron chi connectivity index (χ1n) is 10.3. The molecular weight excluding hydrogens is 429 g/mol. The fourth-order valence-corrected chi connectivity index (χ4v) is 5.66. The van der Waals surface area contributed by atoms with E-state index in [1.165, 1.54) is 0 Å². The molecule has 9 heteroatoms. The molecule has 1 heterocycles. The Morgan fingerprint density at radius 2 is 1.90 bits per heavy atom. The van der Waals surface area contributed by atoms with Gasteiger partial charge in [0.2, 0.25) is 0 Å². The van der Waals surface area contributed by atoms with Crippen LogP contribution in [0.2, 0.25) is 0 Å². The number of hydrogen-bond donors (Lipinski definition) is 1. The number of halogens is 3. The van der Waals surface area contributed by atoms with Gasteiger partial charge < -0.3 is 9.64 Å². The summed E-state index contributed by atoms with van der Waals surface area (Å²) in [6, 6.07) is 8.30. The molecule has 2 aromatic carbocycles. The molecule has 1 unspecified atom stereocenters. The number of aryl methyl sites for hydroxylation is 1. The molecule has 0 bridgehead atoms. The summed E-state index contributed by atoms with van der Waals surface area (Å²) in [7, 11) is -2.08. The lowest BCUT2D eigenvalue weighted by atomic mass is 9.92. The van der Waals surface area contributed by atoms with Crippen molar-refractivity contribution in [3.05, 3.63) is 53.1 Å². The fraction of sp³-hybridized carbons (Fsp3) is 0.455. The Hall–Kier alpha value is -2.26. The van der Waals surface area contributed by atoms with Gasteiger partial charge in [0.15, 0.2) is 0 Å². The van der Waals surface area contributed by atoms with Crippen molar-refractivity contribution in [3.63, 3.8) is 0 Å². The van der Waals surface area contributed by atoms with Crippen LogP contribution in [0.15, 0.2) is 41.3 Å². The van der Waals surface area contributed by atoms with Crippen LogP contribution in [0.4, 0.5) is 18.9 Å². The summed E-state index contributed by atoms with van der Waals surface area (Å²) in [5.74, 6) is -0.358. The van der Waals surface area contributed by atoms with E-state index in [0.717, 1.165) is 55.1 Å². The summed E-state index contributed by atoms with van der Waals surface area (Å²) >= 11 is 0. The van der Waals surface area contributed by atoms with E-state index in [1.54, 1.807) is 12.1 Å². The number of nitrogens with one attached hydrogen (secondary N) is 1. The predicted molar refractivity (Wildman–Crippen MR) is 112 cm³/mol. The summed E-state index contributed by atoms with van der Waals surface area (Å²) in [4.78, 5) is 2.16. The molecule has 5 nitrogen and oxygen atoms in total. The molecule has 1 saturated heterocycles. The van der Waals surface area contributed by atoms with E-state index in [0.29, 0.717) is 19.4 Å². The Kier molecular flexibility index (Phi) is 5.91. The van der Waals surface area contributed by atoms with Crippen molar-refractivity contribution >= 4 is 15.7 Å². The largest absolute Gasteiger partial charge is 0.488 e. The van der Waals surface area contributed by atoms with E-state index in [9.17, 15) is 21.6 Å². The molecule has 4 rings (SSSR count). The molecule has 0 amide bonds. The van der Waals surface area contributed by atoms with Crippen LogP contribution < -0.4 is 9.46 Å². The van der Waals surface area contributed by atoms with Crippen molar-refractivity contribution < 1.29 is 26.3 Å². The molecule has 2 aliphatic rings. The van der Waals surface area contributed by atoms with Crippen molar-refractivity contribution in [1.82, 2.24) is 4.90 Å². The summed E-state index contributed by atoms with van der Waals surface area (Å²) in [5, 5.41) is 0. The normalized spacial score (nSPS) is 19.8. The standard InChI is InChI=1S/C22H25F3N2O3S/c1-27-12-11-17(14-27)30-20-13-16(9-10-19(20)22(23,24)25)26-31(28,29)21-8-4-6-15-5-2-3-7-18(15)21/h4,6,8-10,13,17,26H,2-3,5,7,11-12,14H2,1H3. The SMILES string of the molecule is CN1CCC(Oc2cc(NS(=O)(=O)c3cccc4c3CCCC4)ccc2C(F)(F)F)C1. The minimum absolute atomic E-state index is 0.0442. The topological polar surface area (TPSA) is 58.6 Å². The summed E-state index contributed by atoms with van der Waals surface area (Å²) in [6.07, 6.45) is -0.946. The van der Waals surface area contributed by atoms with E-state index in [1.807, 2.05) is 18.0 Å².